The van der Waals surface area contributed by atoms with E-state index in [2.05, 4.69) is 20.1 Å². The van der Waals surface area contributed by atoms with Crippen LogP contribution < -0.4 is 5.32 Å². The minimum atomic E-state index is -0.0987. The number of carbonyl (C=O) groups is 1. The lowest BCUT2D eigenvalue weighted by atomic mass is 9.93. The second kappa shape index (κ2) is 4.33. The van der Waals surface area contributed by atoms with Crippen molar-refractivity contribution < 1.29 is 4.79 Å². The maximum atomic E-state index is 12.2. The van der Waals surface area contributed by atoms with Gasteiger partial charge in [-0.15, -0.1) is 0 Å². The van der Waals surface area contributed by atoms with Crippen LogP contribution in [0.25, 0.3) is 0 Å². The van der Waals surface area contributed by atoms with Gasteiger partial charge in [0.1, 0.15) is 5.69 Å². The molecule has 0 unspecified atom stereocenters. The summed E-state index contributed by atoms with van der Waals surface area (Å²) in [4.78, 5) is 12.2. The highest BCUT2D eigenvalue weighted by Gasteiger charge is 2.23. The van der Waals surface area contributed by atoms with E-state index in [1.165, 1.54) is 6.42 Å². The smallest absolute Gasteiger partial charge is 0.273 e. The van der Waals surface area contributed by atoms with Gasteiger partial charge in [-0.1, -0.05) is 0 Å². The zero-order valence-corrected chi connectivity index (χ0v) is 10.3. The number of nitrogens with one attached hydrogen (secondary N) is 2. The molecule has 0 aromatic carbocycles. The molecule has 1 fully saturated rings. The van der Waals surface area contributed by atoms with Gasteiger partial charge in [0.05, 0.1) is 0 Å². The van der Waals surface area contributed by atoms with Crippen molar-refractivity contribution in [1.29, 1.82) is 0 Å². The Labute approximate surface area is 105 Å². The Morgan fingerprint density at radius 3 is 3.00 bits per heavy atom. The average molecular weight is 244 g/mol. The molecule has 0 spiro atoms. The maximum Gasteiger partial charge on any atom is 0.273 e. The molecule has 0 aliphatic heterocycles. The lowest BCUT2D eigenvalue weighted by Crippen LogP contribution is -2.23. The van der Waals surface area contributed by atoms with Crippen LogP contribution in [0, 0.1) is 6.92 Å². The van der Waals surface area contributed by atoms with E-state index >= 15 is 0 Å². The van der Waals surface area contributed by atoms with Crippen LogP contribution >= 0.6 is 0 Å². The molecule has 3 rings (SSSR count). The van der Waals surface area contributed by atoms with E-state index in [1.807, 2.05) is 31.3 Å². The van der Waals surface area contributed by atoms with Crippen LogP contribution in [0.1, 0.15) is 41.5 Å². The van der Waals surface area contributed by atoms with E-state index in [0.717, 1.165) is 18.5 Å². The number of H-pyrrole nitrogens is 1. The quantitative estimate of drug-likeness (QED) is 0.871. The summed E-state index contributed by atoms with van der Waals surface area (Å²) >= 11 is 0. The summed E-state index contributed by atoms with van der Waals surface area (Å²) in [5.74, 6) is 0.470. The van der Waals surface area contributed by atoms with E-state index < -0.39 is 0 Å². The van der Waals surface area contributed by atoms with Gasteiger partial charge in [-0.3, -0.25) is 9.89 Å². The summed E-state index contributed by atoms with van der Waals surface area (Å²) in [7, 11) is 0. The van der Waals surface area contributed by atoms with Crippen molar-refractivity contribution in [2.75, 3.05) is 5.32 Å². The fraction of sp³-hybridized carbons (Fsp3) is 0.385. The molecule has 94 valence electrons. The predicted molar refractivity (Wildman–Crippen MR) is 68.6 cm³/mol. The number of rotatable bonds is 3. The van der Waals surface area contributed by atoms with Crippen molar-refractivity contribution in [3.8, 4) is 0 Å². The lowest BCUT2D eigenvalue weighted by molar-refractivity contribution is 0.101. The average Bonchev–Trinajstić information content (AvgIpc) is 2.85. The molecule has 2 N–H and O–H groups in total. The minimum Gasteiger partial charge on any atom is -0.340 e. The van der Waals surface area contributed by atoms with Gasteiger partial charge in [0, 0.05) is 24.0 Å². The number of hydrogen-bond donors (Lipinski definition) is 2. The van der Waals surface area contributed by atoms with Crippen LogP contribution in [0.5, 0.6) is 0 Å². The number of aromatic amines is 1. The van der Waals surface area contributed by atoms with E-state index in [9.17, 15) is 4.79 Å². The van der Waals surface area contributed by atoms with Gasteiger partial charge in [-0.05, 0) is 38.3 Å². The summed E-state index contributed by atoms with van der Waals surface area (Å²) in [6, 6.07) is 6.08. The van der Waals surface area contributed by atoms with Gasteiger partial charge < -0.3 is 9.88 Å². The zero-order valence-electron chi connectivity index (χ0n) is 10.3. The largest absolute Gasteiger partial charge is 0.340 e. The molecular weight excluding hydrogens is 228 g/mol. The maximum absolute atomic E-state index is 12.2. The first kappa shape index (κ1) is 11.1. The first-order valence-electron chi connectivity index (χ1n) is 6.24. The molecule has 2 heterocycles. The predicted octanol–water partition coefficient (Wildman–Crippen LogP) is 2.50. The van der Waals surface area contributed by atoms with Gasteiger partial charge >= 0.3 is 0 Å². The third kappa shape index (κ3) is 1.92. The molecule has 1 amide bonds. The molecule has 1 aliphatic rings. The fourth-order valence-electron chi connectivity index (χ4n) is 2.23. The van der Waals surface area contributed by atoms with Gasteiger partial charge in [-0.25, -0.2) is 0 Å². The lowest BCUT2D eigenvalue weighted by Gasteiger charge is -2.28. The number of amides is 1. The first-order valence-corrected chi connectivity index (χ1v) is 6.24. The van der Waals surface area contributed by atoms with Gasteiger partial charge in [0.25, 0.3) is 5.91 Å². The number of aryl methyl sites for hydroxylation is 1. The minimum absolute atomic E-state index is 0.0987. The molecule has 5 nitrogen and oxygen atoms in total. The zero-order chi connectivity index (χ0) is 12.5. The van der Waals surface area contributed by atoms with Crippen molar-refractivity contribution in [1.82, 2.24) is 14.8 Å². The molecule has 1 aliphatic carbocycles. The summed E-state index contributed by atoms with van der Waals surface area (Å²) in [5, 5.41) is 9.62. The Bertz CT molecular complexity index is 565. The molecule has 2 aromatic heterocycles. The van der Waals surface area contributed by atoms with Crippen LogP contribution in [-0.2, 0) is 0 Å². The monoisotopic (exact) mass is 244 g/mol. The number of anilines is 1. The van der Waals surface area contributed by atoms with Crippen LogP contribution in [0.4, 0.5) is 5.82 Å². The highest BCUT2D eigenvalue weighted by atomic mass is 16.2. The number of aromatic nitrogens is 3. The Hall–Kier alpha value is -2.04. The molecule has 18 heavy (non-hydrogen) atoms. The second-order valence-electron chi connectivity index (χ2n) is 4.78. The Morgan fingerprint density at radius 1 is 1.56 bits per heavy atom. The van der Waals surface area contributed by atoms with Crippen LogP contribution in [-0.4, -0.2) is 20.7 Å². The molecule has 2 aromatic rings. The molecule has 0 radical (unpaired) electrons. The fourth-order valence-corrected chi connectivity index (χ4v) is 2.23. The van der Waals surface area contributed by atoms with Crippen molar-refractivity contribution in [3.05, 3.63) is 35.8 Å². The Kier molecular flexibility index (Phi) is 2.66. The Morgan fingerprint density at radius 2 is 2.39 bits per heavy atom. The standard InChI is InChI=1S/C13H16N4O/c1-9-8-12(16-15-9)14-13(18)11-6-3-7-17(11)10-4-2-5-10/h3,6-8,10H,2,4-5H2,1H3,(H2,14,15,16,18). The molecule has 0 bridgehead atoms. The number of nitrogens with zero attached hydrogens (tertiary/aromatic N) is 2. The third-order valence-electron chi connectivity index (χ3n) is 3.43. The second-order valence-corrected chi connectivity index (χ2v) is 4.78. The molecule has 5 heteroatoms. The summed E-state index contributed by atoms with van der Waals surface area (Å²) in [6.45, 7) is 1.90. The van der Waals surface area contributed by atoms with Crippen molar-refractivity contribution in [2.45, 2.75) is 32.2 Å². The Balaban J connectivity index is 1.77. The highest BCUT2D eigenvalue weighted by Crippen LogP contribution is 2.32. The van der Waals surface area contributed by atoms with E-state index in [-0.39, 0.29) is 5.91 Å². The summed E-state index contributed by atoms with van der Waals surface area (Å²) in [6.07, 6.45) is 5.56. The van der Waals surface area contributed by atoms with Crippen LogP contribution in [0.15, 0.2) is 24.4 Å². The van der Waals surface area contributed by atoms with Crippen molar-refractivity contribution >= 4 is 11.7 Å². The highest BCUT2D eigenvalue weighted by molar-refractivity contribution is 6.02. The molecule has 0 saturated heterocycles. The molecule has 1 saturated carbocycles. The van der Waals surface area contributed by atoms with Crippen molar-refractivity contribution in [3.63, 3.8) is 0 Å². The van der Waals surface area contributed by atoms with Crippen LogP contribution in [0.2, 0.25) is 0 Å². The topological polar surface area (TPSA) is 62.7 Å². The SMILES string of the molecule is Cc1cc(NC(=O)c2cccn2C2CCC2)n[nH]1. The number of hydrogen-bond acceptors (Lipinski definition) is 2. The van der Waals surface area contributed by atoms with E-state index in [0.29, 0.717) is 17.6 Å². The summed E-state index contributed by atoms with van der Waals surface area (Å²) in [5.41, 5.74) is 1.64. The molecule has 0 atom stereocenters. The number of carbonyl (C=O) groups excluding carboxylic acids is 1. The summed E-state index contributed by atoms with van der Waals surface area (Å²) < 4.78 is 2.07. The van der Waals surface area contributed by atoms with Gasteiger partial charge in [0.2, 0.25) is 0 Å². The third-order valence-corrected chi connectivity index (χ3v) is 3.43. The van der Waals surface area contributed by atoms with E-state index in [1.54, 1.807) is 0 Å². The molecular formula is C13H16N4O. The van der Waals surface area contributed by atoms with Crippen molar-refractivity contribution in [2.24, 2.45) is 0 Å². The van der Waals surface area contributed by atoms with Gasteiger partial charge in [0.15, 0.2) is 5.82 Å². The van der Waals surface area contributed by atoms with Gasteiger partial charge in [-0.2, -0.15) is 5.10 Å². The van der Waals surface area contributed by atoms with E-state index in [4.69, 9.17) is 0 Å². The normalized spacial score (nSPS) is 15.4. The first-order chi connectivity index (χ1) is 8.74. The van der Waals surface area contributed by atoms with Crippen LogP contribution in [0.3, 0.4) is 0 Å².